The zero-order valence-electron chi connectivity index (χ0n) is 24.8. The number of hydrogen-bond donors (Lipinski definition) is 8. The number of fused-ring (bicyclic) bond motifs is 1. The Morgan fingerprint density at radius 1 is 0.696 bits per heavy atom. The summed E-state index contributed by atoms with van der Waals surface area (Å²) in [4.78, 5) is 69.7. The Morgan fingerprint density at radius 2 is 1.28 bits per heavy atom. The van der Waals surface area contributed by atoms with Gasteiger partial charge in [-0.05, 0) is 17.2 Å². The van der Waals surface area contributed by atoms with Crippen LogP contribution in [-0.2, 0) is 44.9 Å². The van der Waals surface area contributed by atoms with Gasteiger partial charge >= 0.3 is 5.97 Å². The summed E-state index contributed by atoms with van der Waals surface area (Å²) in [5.74, 6) is -3.15. The van der Waals surface area contributed by atoms with Gasteiger partial charge < -0.3 is 41.7 Å². The van der Waals surface area contributed by atoms with E-state index in [4.69, 9.17) is 5.73 Å². The van der Waals surface area contributed by atoms with Crippen molar-refractivity contribution in [1.82, 2.24) is 40.9 Å². The van der Waals surface area contributed by atoms with E-state index in [-0.39, 0.29) is 25.7 Å². The fourth-order valence-electron chi connectivity index (χ4n) is 5.15. The van der Waals surface area contributed by atoms with E-state index in [0.717, 1.165) is 22.0 Å². The molecule has 9 N–H and O–H groups in total. The molecule has 0 aliphatic rings. The molecule has 0 saturated heterocycles. The Balaban J connectivity index is 1.34. The van der Waals surface area contributed by atoms with Gasteiger partial charge in [-0.2, -0.15) is 0 Å². The molecule has 46 heavy (non-hydrogen) atoms. The van der Waals surface area contributed by atoms with Crippen LogP contribution in [0.2, 0.25) is 0 Å². The summed E-state index contributed by atoms with van der Waals surface area (Å²) in [6, 6.07) is 11.9. The molecule has 5 aromatic rings. The van der Waals surface area contributed by atoms with Crippen molar-refractivity contribution in [1.29, 1.82) is 0 Å². The standard InChI is InChI=1S/C32H35N9O5/c33-24(12-21-15-34-17-37-21)29(42)39-27(13-22-16-35-18-38-22)31(44)40-26(10-19-6-2-1-3-7-19)30(43)41-28(32(45)46)11-20-14-36-25-9-5-4-8-23(20)25/h1-9,14-18,24,26-28,36H,10-13,33H2,(H,34,37)(H,35,38)(H,39,42)(H,40,44)(H,41,43)(H,45,46). The number of carboxylic acids is 1. The fraction of sp³-hybridized carbons (Fsp3) is 0.250. The van der Waals surface area contributed by atoms with Gasteiger partial charge in [-0.15, -0.1) is 0 Å². The molecule has 0 aliphatic carbocycles. The van der Waals surface area contributed by atoms with Gasteiger partial charge in [-0.25, -0.2) is 14.8 Å². The maximum absolute atomic E-state index is 13.8. The smallest absolute Gasteiger partial charge is 0.326 e. The molecule has 0 fully saturated rings. The Labute approximate surface area is 263 Å². The average Bonchev–Trinajstić information content (AvgIpc) is 3.84. The molecule has 3 aromatic heterocycles. The van der Waals surface area contributed by atoms with Crippen molar-refractivity contribution >= 4 is 34.6 Å². The number of hydrogen-bond acceptors (Lipinski definition) is 7. The van der Waals surface area contributed by atoms with Crippen molar-refractivity contribution in [3.63, 3.8) is 0 Å². The highest BCUT2D eigenvalue weighted by molar-refractivity contribution is 5.94. The number of nitrogens with two attached hydrogens (primary N) is 1. The number of nitrogens with one attached hydrogen (secondary N) is 6. The predicted molar refractivity (Wildman–Crippen MR) is 168 cm³/mol. The number of amides is 3. The molecule has 4 atom stereocenters. The zero-order valence-corrected chi connectivity index (χ0v) is 24.8. The van der Waals surface area contributed by atoms with Crippen molar-refractivity contribution in [2.75, 3.05) is 0 Å². The lowest BCUT2D eigenvalue weighted by Crippen LogP contribution is -2.58. The third-order valence-electron chi connectivity index (χ3n) is 7.57. The van der Waals surface area contributed by atoms with E-state index in [0.29, 0.717) is 11.4 Å². The Kier molecular flexibility index (Phi) is 10.2. The number of para-hydroxylation sites is 1. The van der Waals surface area contributed by atoms with Gasteiger partial charge in [0.15, 0.2) is 0 Å². The lowest BCUT2D eigenvalue weighted by Gasteiger charge is -2.25. The zero-order chi connectivity index (χ0) is 32.5. The quantitative estimate of drug-likeness (QED) is 0.0827. The first-order chi connectivity index (χ1) is 22.3. The number of carboxylic acid groups (broad SMARTS) is 1. The topological polar surface area (TPSA) is 224 Å². The Morgan fingerprint density at radius 3 is 1.93 bits per heavy atom. The van der Waals surface area contributed by atoms with Crippen LogP contribution in [0.5, 0.6) is 0 Å². The minimum absolute atomic E-state index is 0.0177. The molecule has 2 aromatic carbocycles. The predicted octanol–water partition coefficient (Wildman–Crippen LogP) is 0.751. The van der Waals surface area contributed by atoms with Crippen molar-refractivity contribution in [2.45, 2.75) is 49.9 Å². The summed E-state index contributed by atoms with van der Waals surface area (Å²) < 4.78 is 0. The van der Waals surface area contributed by atoms with Crippen LogP contribution in [0.25, 0.3) is 10.9 Å². The van der Waals surface area contributed by atoms with Crippen LogP contribution in [0, 0.1) is 0 Å². The van der Waals surface area contributed by atoms with E-state index in [1.165, 1.54) is 18.9 Å². The summed E-state index contributed by atoms with van der Waals surface area (Å²) in [6.45, 7) is 0. The first kappa shape index (κ1) is 31.7. The molecule has 0 radical (unpaired) electrons. The largest absolute Gasteiger partial charge is 0.480 e. The van der Waals surface area contributed by atoms with Crippen LogP contribution >= 0.6 is 0 Å². The molecule has 0 bridgehead atoms. The van der Waals surface area contributed by atoms with Gasteiger partial charge in [0.05, 0.1) is 18.7 Å². The molecule has 238 valence electrons. The number of H-pyrrole nitrogens is 3. The van der Waals surface area contributed by atoms with Crippen LogP contribution in [0.15, 0.2) is 85.8 Å². The van der Waals surface area contributed by atoms with Crippen LogP contribution in [-0.4, -0.2) is 77.9 Å². The molecular weight excluding hydrogens is 590 g/mol. The first-order valence-electron chi connectivity index (χ1n) is 14.7. The lowest BCUT2D eigenvalue weighted by atomic mass is 10.0. The van der Waals surface area contributed by atoms with Gasteiger partial charge in [0, 0.05) is 66.6 Å². The molecule has 0 saturated carbocycles. The molecule has 3 heterocycles. The summed E-state index contributed by atoms with van der Waals surface area (Å²) >= 11 is 0. The summed E-state index contributed by atoms with van der Waals surface area (Å²) in [7, 11) is 0. The summed E-state index contributed by atoms with van der Waals surface area (Å²) in [5, 5.41) is 18.9. The maximum atomic E-state index is 13.8. The number of carbonyl (C=O) groups excluding carboxylic acids is 3. The second-order valence-corrected chi connectivity index (χ2v) is 10.9. The second-order valence-electron chi connectivity index (χ2n) is 10.9. The van der Waals surface area contributed by atoms with Gasteiger partial charge in [0.1, 0.15) is 18.1 Å². The normalized spacial score (nSPS) is 13.8. The molecule has 4 unspecified atom stereocenters. The number of rotatable bonds is 15. The number of carbonyl (C=O) groups is 4. The fourth-order valence-corrected chi connectivity index (χ4v) is 5.15. The van der Waals surface area contributed by atoms with E-state index in [9.17, 15) is 24.3 Å². The Bertz CT molecular complexity index is 1750. The monoisotopic (exact) mass is 625 g/mol. The number of aromatic amines is 3. The molecular formula is C32H35N9O5. The van der Waals surface area contributed by atoms with Gasteiger partial charge in [-0.3, -0.25) is 14.4 Å². The highest BCUT2D eigenvalue weighted by Crippen LogP contribution is 2.19. The first-order valence-corrected chi connectivity index (χ1v) is 14.7. The molecule has 14 heteroatoms. The minimum Gasteiger partial charge on any atom is -0.480 e. The number of aromatic nitrogens is 5. The number of nitrogens with zero attached hydrogens (tertiary/aromatic N) is 2. The van der Waals surface area contributed by atoms with Gasteiger partial charge in [0.2, 0.25) is 17.7 Å². The molecule has 0 aliphatic heterocycles. The number of aliphatic carboxylic acids is 1. The van der Waals surface area contributed by atoms with Crippen molar-refractivity contribution in [3.05, 3.63) is 108 Å². The van der Waals surface area contributed by atoms with E-state index in [1.54, 1.807) is 36.7 Å². The van der Waals surface area contributed by atoms with E-state index in [2.05, 4.69) is 40.9 Å². The van der Waals surface area contributed by atoms with Crippen molar-refractivity contribution in [2.24, 2.45) is 5.73 Å². The third-order valence-corrected chi connectivity index (χ3v) is 7.57. The van der Waals surface area contributed by atoms with Crippen molar-refractivity contribution in [3.8, 4) is 0 Å². The van der Waals surface area contributed by atoms with Crippen molar-refractivity contribution < 1.29 is 24.3 Å². The van der Waals surface area contributed by atoms with E-state index in [1.807, 2.05) is 30.3 Å². The number of imidazole rings is 2. The molecule has 3 amide bonds. The summed E-state index contributed by atoms with van der Waals surface area (Å²) in [5.41, 5.74) is 9.64. The van der Waals surface area contributed by atoms with Gasteiger partial charge in [-0.1, -0.05) is 48.5 Å². The molecule has 0 spiro atoms. The molecule has 5 rings (SSSR count). The highest BCUT2D eigenvalue weighted by atomic mass is 16.4. The average molecular weight is 626 g/mol. The van der Waals surface area contributed by atoms with Crippen LogP contribution < -0.4 is 21.7 Å². The lowest BCUT2D eigenvalue weighted by molar-refractivity contribution is -0.142. The van der Waals surface area contributed by atoms with E-state index >= 15 is 0 Å². The minimum atomic E-state index is -1.28. The van der Waals surface area contributed by atoms with Crippen LogP contribution in [0.3, 0.4) is 0 Å². The SMILES string of the molecule is NC(Cc1cnc[nH]1)C(=O)NC(Cc1cnc[nH]1)C(=O)NC(Cc1ccccc1)C(=O)NC(Cc1c[nH]c2ccccc12)C(=O)O. The molecule has 14 nitrogen and oxygen atoms in total. The Hall–Kier alpha value is -5.76. The maximum Gasteiger partial charge on any atom is 0.326 e. The van der Waals surface area contributed by atoms with E-state index < -0.39 is 47.9 Å². The number of benzene rings is 2. The van der Waals surface area contributed by atoms with Crippen LogP contribution in [0.1, 0.15) is 22.5 Å². The second kappa shape index (κ2) is 14.8. The summed E-state index contributed by atoms with van der Waals surface area (Å²) in [6.07, 6.45) is 8.00. The highest BCUT2D eigenvalue weighted by Gasteiger charge is 2.31. The van der Waals surface area contributed by atoms with Gasteiger partial charge in [0.25, 0.3) is 0 Å². The third kappa shape index (κ3) is 8.24. The van der Waals surface area contributed by atoms with Crippen LogP contribution in [0.4, 0.5) is 0 Å².